The van der Waals surface area contributed by atoms with Gasteiger partial charge in [0.25, 0.3) is 5.56 Å². The highest BCUT2D eigenvalue weighted by molar-refractivity contribution is 7.22. The first kappa shape index (κ1) is 16.1. The third kappa shape index (κ3) is 2.79. The Morgan fingerprint density at radius 2 is 2.00 bits per heavy atom. The molecule has 1 amide bonds. The van der Waals surface area contributed by atoms with E-state index >= 15 is 0 Å². The third-order valence-electron chi connectivity index (χ3n) is 4.33. The number of rotatable bonds is 2. The number of benzene rings is 1. The molecule has 1 fully saturated rings. The number of H-pyrrole nitrogens is 1. The molecule has 1 aliphatic heterocycles. The summed E-state index contributed by atoms with van der Waals surface area (Å²) in [5.41, 5.74) is 0.461. The molecule has 2 N–H and O–H groups in total. The molecule has 1 aromatic carbocycles. The van der Waals surface area contributed by atoms with Crippen molar-refractivity contribution in [2.45, 2.75) is 18.9 Å². The number of aromatic amines is 1. The number of carbonyl (C=O) groups is 1. The van der Waals surface area contributed by atoms with Gasteiger partial charge in [-0.15, -0.1) is 11.3 Å². The Hall–Kier alpha value is -2.38. The number of nitrogens with one attached hydrogen (secondary N) is 2. The Bertz CT molecular complexity index is 1100. The Kier molecular flexibility index (Phi) is 3.97. The van der Waals surface area contributed by atoms with E-state index in [2.05, 4.69) is 10.3 Å². The summed E-state index contributed by atoms with van der Waals surface area (Å²) in [5.74, 6) is -0.148. The van der Waals surface area contributed by atoms with Crippen LogP contribution in [0.15, 0.2) is 39.9 Å². The monoisotopic (exact) mass is 375 g/mol. The molecular weight excluding hydrogens is 362 g/mol. The van der Waals surface area contributed by atoms with Crippen LogP contribution in [-0.4, -0.2) is 22.0 Å². The standard InChI is InChI=1S/C17H14ClN3O3S/c18-11-4-2-1-3-10(11)13-8-12-15(25-13)16(23)21(17(24)20-12)9-5-6-19-14(22)7-9/h1-4,8-9H,5-7H2,(H,19,22)(H,20,24)/t9-/m1/s1. The van der Waals surface area contributed by atoms with E-state index in [1.807, 2.05) is 18.2 Å². The zero-order valence-corrected chi connectivity index (χ0v) is 14.6. The summed E-state index contributed by atoms with van der Waals surface area (Å²) in [6.45, 7) is 0.461. The number of fused-ring (bicyclic) bond motifs is 1. The van der Waals surface area contributed by atoms with Gasteiger partial charge in [0.15, 0.2) is 0 Å². The molecule has 0 bridgehead atoms. The van der Waals surface area contributed by atoms with Gasteiger partial charge in [0.2, 0.25) is 5.91 Å². The lowest BCUT2D eigenvalue weighted by atomic mass is 10.1. The van der Waals surface area contributed by atoms with Crippen molar-refractivity contribution in [3.63, 3.8) is 0 Å². The summed E-state index contributed by atoms with van der Waals surface area (Å²) in [6.07, 6.45) is 0.695. The van der Waals surface area contributed by atoms with Gasteiger partial charge in [-0.05, 0) is 18.6 Å². The minimum absolute atomic E-state index is 0.136. The van der Waals surface area contributed by atoms with Gasteiger partial charge in [0, 0.05) is 28.4 Å². The normalized spacial score (nSPS) is 17.6. The minimum atomic E-state index is -0.485. The second kappa shape index (κ2) is 6.16. The zero-order valence-electron chi connectivity index (χ0n) is 13.0. The Labute approximate surface area is 151 Å². The van der Waals surface area contributed by atoms with E-state index in [4.69, 9.17) is 11.6 Å². The summed E-state index contributed by atoms with van der Waals surface area (Å²) in [4.78, 5) is 40.5. The predicted octanol–water partition coefficient (Wildman–Crippen LogP) is 2.52. The van der Waals surface area contributed by atoms with Crippen LogP contribution >= 0.6 is 22.9 Å². The van der Waals surface area contributed by atoms with Gasteiger partial charge < -0.3 is 10.3 Å². The minimum Gasteiger partial charge on any atom is -0.356 e. The molecule has 1 saturated heterocycles. The van der Waals surface area contributed by atoms with E-state index in [9.17, 15) is 14.4 Å². The summed E-state index contributed by atoms with van der Waals surface area (Å²) in [7, 11) is 0. The van der Waals surface area contributed by atoms with Crippen LogP contribution in [0, 0.1) is 0 Å². The van der Waals surface area contributed by atoms with E-state index in [0.717, 1.165) is 10.4 Å². The Morgan fingerprint density at radius 3 is 2.76 bits per heavy atom. The van der Waals surface area contributed by atoms with Gasteiger partial charge >= 0.3 is 5.69 Å². The van der Waals surface area contributed by atoms with Crippen molar-refractivity contribution in [1.29, 1.82) is 0 Å². The number of carbonyl (C=O) groups excluding carboxylic acids is 1. The maximum absolute atomic E-state index is 12.9. The first-order valence-electron chi connectivity index (χ1n) is 7.84. The van der Waals surface area contributed by atoms with Gasteiger partial charge in [-0.1, -0.05) is 29.8 Å². The molecule has 8 heteroatoms. The smallest absolute Gasteiger partial charge is 0.329 e. The van der Waals surface area contributed by atoms with Gasteiger partial charge in [0.1, 0.15) is 4.70 Å². The lowest BCUT2D eigenvalue weighted by Gasteiger charge is -2.23. The Balaban J connectivity index is 1.88. The molecule has 1 aliphatic rings. The topological polar surface area (TPSA) is 84.0 Å². The lowest BCUT2D eigenvalue weighted by Crippen LogP contribution is -2.43. The van der Waals surface area contributed by atoms with E-state index in [-0.39, 0.29) is 17.9 Å². The van der Waals surface area contributed by atoms with Gasteiger partial charge in [0.05, 0.1) is 11.6 Å². The number of halogens is 1. The molecule has 2 aromatic heterocycles. The fourth-order valence-corrected chi connectivity index (χ4v) is 4.52. The van der Waals surface area contributed by atoms with Crippen molar-refractivity contribution in [3.8, 4) is 10.4 Å². The van der Waals surface area contributed by atoms with Crippen molar-refractivity contribution in [3.05, 3.63) is 56.2 Å². The van der Waals surface area contributed by atoms with E-state index < -0.39 is 11.7 Å². The maximum atomic E-state index is 12.9. The average Bonchev–Trinajstić information content (AvgIpc) is 2.99. The summed E-state index contributed by atoms with van der Waals surface area (Å²) >= 11 is 7.52. The highest BCUT2D eigenvalue weighted by Crippen LogP contribution is 2.35. The molecule has 6 nitrogen and oxygen atoms in total. The number of piperidine rings is 1. The molecule has 3 aromatic rings. The van der Waals surface area contributed by atoms with Crippen LogP contribution < -0.4 is 16.6 Å². The number of aromatic nitrogens is 2. The fourth-order valence-electron chi connectivity index (χ4n) is 3.13. The summed E-state index contributed by atoms with van der Waals surface area (Å²) < 4.78 is 1.63. The van der Waals surface area contributed by atoms with Crippen molar-refractivity contribution < 1.29 is 4.79 Å². The van der Waals surface area contributed by atoms with Crippen LogP contribution in [0.2, 0.25) is 5.02 Å². The van der Waals surface area contributed by atoms with Crippen molar-refractivity contribution in [2.75, 3.05) is 6.54 Å². The largest absolute Gasteiger partial charge is 0.356 e. The number of amides is 1. The third-order valence-corrected chi connectivity index (χ3v) is 5.82. The van der Waals surface area contributed by atoms with E-state index in [1.54, 1.807) is 12.1 Å². The molecule has 0 saturated carbocycles. The molecule has 4 rings (SSSR count). The van der Waals surface area contributed by atoms with E-state index in [0.29, 0.717) is 28.2 Å². The van der Waals surface area contributed by atoms with Gasteiger partial charge in [-0.3, -0.25) is 14.2 Å². The zero-order chi connectivity index (χ0) is 17.6. The molecule has 0 aliphatic carbocycles. The molecule has 25 heavy (non-hydrogen) atoms. The summed E-state index contributed by atoms with van der Waals surface area (Å²) in [6, 6.07) is 8.70. The van der Waals surface area contributed by atoms with Crippen LogP contribution in [0.4, 0.5) is 0 Å². The maximum Gasteiger partial charge on any atom is 0.329 e. The van der Waals surface area contributed by atoms with Crippen molar-refractivity contribution in [2.24, 2.45) is 0 Å². The predicted molar refractivity (Wildman–Crippen MR) is 98.4 cm³/mol. The first-order chi connectivity index (χ1) is 12.0. The van der Waals surface area contributed by atoms with Gasteiger partial charge in [-0.2, -0.15) is 0 Å². The van der Waals surface area contributed by atoms with Crippen molar-refractivity contribution >= 4 is 39.1 Å². The van der Waals surface area contributed by atoms with Gasteiger partial charge in [-0.25, -0.2) is 4.79 Å². The molecular formula is C17H14ClN3O3S. The van der Waals surface area contributed by atoms with E-state index in [1.165, 1.54) is 15.9 Å². The number of thiophene rings is 1. The summed E-state index contributed by atoms with van der Waals surface area (Å²) in [5, 5.41) is 3.30. The number of hydrogen-bond acceptors (Lipinski definition) is 4. The SMILES string of the molecule is O=C1C[C@H](n2c(=O)[nH]c3cc(-c4ccccc4Cl)sc3c2=O)CCN1. The average molecular weight is 376 g/mol. The second-order valence-corrected chi connectivity index (χ2v) is 7.39. The molecule has 1 atom stereocenters. The number of nitrogens with zero attached hydrogens (tertiary/aromatic N) is 1. The number of hydrogen-bond donors (Lipinski definition) is 2. The van der Waals surface area contributed by atoms with Crippen LogP contribution in [0.25, 0.3) is 20.7 Å². The molecule has 0 radical (unpaired) electrons. The lowest BCUT2D eigenvalue weighted by molar-refractivity contribution is -0.123. The van der Waals surface area contributed by atoms with Crippen LogP contribution in [-0.2, 0) is 4.79 Å². The molecule has 0 spiro atoms. The second-order valence-electron chi connectivity index (χ2n) is 5.94. The highest BCUT2D eigenvalue weighted by Gasteiger charge is 2.25. The quantitative estimate of drug-likeness (QED) is 0.721. The molecule has 0 unspecified atom stereocenters. The fraction of sp³-hybridized carbons (Fsp3) is 0.235. The van der Waals surface area contributed by atoms with Crippen LogP contribution in [0.5, 0.6) is 0 Å². The van der Waals surface area contributed by atoms with Crippen LogP contribution in [0.1, 0.15) is 18.9 Å². The van der Waals surface area contributed by atoms with Crippen molar-refractivity contribution in [1.82, 2.24) is 14.9 Å². The first-order valence-corrected chi connectivity index (χ1v) is 9.04. The molecule has 3 heterocycles. The molecule has 128 valence electrons. The Morgan fingerprint density at radius 1 is 1.20 bits per heavy atom. The van der Waals surface area contributed by atoms with Crippen LogP contribution in [0.3, 0.4) is 0 Å². The highest BCUT2D eigenvalue weighted by atomic mass is 35.5.